The molecule has 0 radical (unpaired) electrons. The second kappa shape index (κ2) is 35.5. The molecule has 0 aromatic heterocycles. The van der Waals surface area contributed by atoms with E-state index in [0.29, 0.717) is 56.4 Å². The lowest BCUT2D eigenvalue weighted by Gasteiger charge is -2.40. The Bertz CT molecular complexity index is 2660. The average molecular weight is 1220 g/mol. The van der Waals surface area contributed by atoms with Gasteiger partial charge in [-0.25, -0.2) is 9.79 Å². The molecule has 87 heavy (non-hydrogen) atoms. The average Bonchev–Trinajstić information content (AvgIpc) is 3.83. The highest BCUT2D eigenvalue weighted by atomic mass is 16.5. The molecule has 11 N–H and O–H groups in total. The van der Waals surface area contributed by atoms with Crippen molar-refractivity contribution in [2.75, 3.05) is 39.1 Å². The van der Waals surface area contributed by atoms with Gasteiger partial charge < -0.3 is 62.6 Å². The van der Waals surface area contributed by atoms with Gasteiger partial charge in [0.1, 0.15) is 18.3 Å². The van der Waals surface area contributed by atoms with Gasteiger partial charge in [0.2, 0.25) is 53.7 Å². The first-order valence-corrected chi connectivity index (χ1v) is 30.7. The quantitative estimate of drug-likeness (QED) is 0.0210. The molecule has 12 atom stereocenters. The Hall–Kier alpha value is -7.31. The minimum Gasteiger partial charge on any atom is -0.379 e. The summed E-state index contributed by atoms with van der Waals surface area (Å²) in [7, 11) is 3.21. The van der Waals surface area contributed by atoms with Gasteiger partial charge in [-0.15, -0.1) is 0 Å². The number of likely N-dealkylation sites (tertiary alicyclic amines) is 2. The summed E-state index contributed by atoms with van der Waals surface area (Å²) in [6.07, 6.45) is 1.53. The lowest BCUT2D eigenvalue weighted by Crippen LogP contribution is -2.56. The fraction of sp³-hybridized carbons (Fsp3) is 0.635. The molecule has 2 aliphatic heterocycles. The van der Waals surface area contributed by atoms with Crippen molar-refractivity contribution in [1.82, 2.24) is 41.3 Å². The molecule has 2 aromatic rings. The van der Waals surface area contributed by atoms with Crippen molar-refractivity contribution in [3.63, 3.8) is 0 Å². The van der Waals surface area contributed by atoms with Crippen LogP contribution in [-0.4, -0.2) is 168 Å². The van der Waals surface area contributed by atoms with E-state index in [9.17, 15) is 53.1 Å². The van der Waals surface area contributed by atoms with Crippen LogP contribution in [0.5, 0.6) is 0 Å². The van der Waals surface area contributed by atoms with Crippen molar-refractivity contribution < 1.29 is 57.8 Å². The number of hydrogen-bond donors (Lipinski definition) is 9. The molecule has 4 rings (SSSR count). The molecule has 0 saturated carbocycles. The Morgan fingerprint density at radius 2 is 1.51 bits per heavy atom. The van der Waals surface area contributed by atoms with Gasteiger partial charge in [0, 0.05) is 89.2 Å². The molecular weight excluding hydrogens is 1120 g/mol. The third-order valence-electron chi connectivity index (χ3n) is 17.2. The zero-order valence-corrected chi connectivity index (χ0v) is 52.8. The zero-order valence-electron chi connectivity index (χ0n) is 52.8. The molecule has 2 aromatic carbocycles. The van der Waals surface area contributed by atoms with E-state index < -0.39 is 78.0 Å². The second-order valence-electron chi connectivity index (χ2n) is 24.1. The highest BCUT2D eigenvalue weighted by Crippen LogP contribution is 2.32. The van der Waals surface area contributed by atoms with E-state index in [2.05, 4.69) is 36.9 Å². The summed E-state index contributed by atoms with van der Waals surface area (Å²) in [6, 6.07) is 11.5. The Morgan fingerprint density at radius 3 is 2.09 bits per heavy atom. The maximum absolute atomic E-state index is 14.3. The van der Waals surface area contributed by atoms with Gasteiger partial charge in [-0.3, -0.25) is 48.5 Å². The minimum absolute atomic E-state index is 0.00256. The number of ether oxygens (including phenoxy) is 1. The monoisotopic (exact) mass is 1210 g/mol. The zero-order chi connectivity index (χ0) is 64.7. The molecule has 1 unspecified atom stereocenters. The van der Waals surface area contributed by atoms with Crippen LogP contribution in [0.25, 0.3) is 0 Å². The van der Waals surface area contributed by atoms with E-state index >= 15 is 0 Å². The van der Waals surface area contributed by atoms with E-state index in [1.165, 1.54) is 7.11 Å². The molecule has 482 valence electrons. The third-order valence-corrected chi connectivity index (χ3v) is 17.2. The number of nitrogens with zero attached hydrogens (tertiary/aromatic N) is 4. The molecule has 24 heteroatoms. The Labute approximate surface area is 513 Å². The topological polar surface area (TPSA) is 346 Å². The number of carbonyl (C=O) groups excluding carboxylic acids is 10. The predicted octanol–water partition coefficient (Wildman–Crippen LogP) is 3.52. The maximum atomic E-state index is 14.3. The normalized spacial score (nSPS) is 19.3. The first-order valence-electron chi connectivity index (χ1n) is 30.7. The number of aliphatic hydroxyl groups excluding tert-OH is 1. The number of aliphatic hydroxyl groups is 1. The van der Waals surface area contributed by atoms with Crippen molar-refractivity contribution in [1.29, 1.82) is 0 Å². The Balaban J connectivity index is 1.42. The van der Waals surface area contributed by atoms with Crippen molar-refractivity contribution in [3.8, 4) is 0 Å². The molecule has 11 amide bonds. The van der Waals surface area contributed by atoms with Gasteiger partial charge in [0.05, 0.1) is 30.3 Å². The van der Waals surface area contributed by atoms with E-state index in [1.807, 2.05) is 76.8 Å². The van der Waals surface area contributed by atoms with Crippen LogP contribution in [0.1, 0.15) is 138 Å². The van der Waals surface area contributed by atoms with E-state index in [-0.39, 0.29) is 117 Å². The summed E-state index contributed by atoms with van der Waals surface area (Å²) in [5.41, 5.74) is 12.7. The summed E-state index contributed by atoms with van der Waals surface area (Å²) in [4.78, 5) is 140. The largest absolute Gasteiger partial charge is 0.379 e. The van der Waals surface area contributed by atoms with Gasteiger partial charge in [0.25, 0.3) is 0 Å². The lowest BCUT2D eigenvalue weighted by atomic mass is 9.86. The summed E-state index contributed by atoms with van der Waals surface area (Å²) in [5, 5.41) is 28.3. The number of hydrogen-bond acceptors (Lipinski definition) is 13. The number of benzene rings is 2. The van der Waals surface area contributed by atoms with Crippen molar-refractivity contribution in [3.05, 3.63) is 65.7 Å². The molecule has 2 saturated heterocycles. The maximum Gasteiger partial charge on any atom is 0.312 e. The fourth-order valence-electron chi connectivity index (χ4n) is 11.6. The van der Waals surface area contributed by atoms with Crippen molar-refractivity contribution >= 4 is 71.1 Å². The number of rotatable bonds is 34. The van der Waals surface area contributed by atoms with Crippen LogP contribution in [0.15, 0.2) is 59.6 Å². The minimum atomic E-state index is -1.56. The smallest absolute Gasteiger partial charge is 0.312 e. The Kier molecular flexibility index (Phi) is 29.4. The second-order valence-corrected chi connectivity index (χ2v) is 24.1. The third kappa shape index (κ3) is 21.8. The molecule has 0 bridgehead atoms. The molecule has 0 spiro atoms. The first kappa shape index (κ1) is 72.2. The lowest BCUT2D eigenvalue weighted by molar-refractivity contribution is -0.145. The SMILES string of the molecule is CC[C@H](C)[C@@H]([C@@H](CC(=O)N1CCC[C@H]1[C@H](C)[C@@H](C)C(=O)N[C@@H](Cc1ccccc1)C(=O)NCc1ccc(NC(=O)[C@H](CCCNC(N)=O)NC(O)C(=NC(=O)CCC(=O)N2CC[C@H](C(N)=O)C[C@@H]2C)C(C)C)cc1)OC)N(C)C(=O)[C@@H](NC=O)C(C)C. The number of nitrogens with two attached hydrogens (primary N) is 2. The van der Waals surface area contributed by atoms with Gasteiger partial charge in [-0.1, -0.05) is 104 Å². The van der Waals surface area contributed by atoms with Crippen LogP contribution in [0.3, 0.4) is 0 Å². The first-order chi connectivity index (χ1) is 41.2. The van der Waals surface area contributed by atoms with Crippen LogP contribution in [-0.2, 0) is 60.9 Å². The summed E-state index contributed by atoms with van der Waals surface area (Å²) in [5.74, 6) is -4.99. The molecule has 2 fully saturated rings. The standard InChI is InChI=1S/C63H98N12O12/c1-12-39(6)56(73(10)62(85)55(38(4)5)68-36-76)50(87-11)34-53(79)75-30-17-21-49(75)41(8)42(9)58(81)71-48(33-43-18-14-13-15-19-43)59(82)67-35-44-22-24-46(25-23-44)69-60(83)47(20-16-29-66-63(65)86)70-61(84)54(37(2)3)72-51(77)26-27-52(78)74-31-28-45(57(64)80)32-40(74)7/h13-15,18-19,22-25,36-42,45,47-50,55-56,61,70,84H,12,16-17,20-21,26-35H2,1-11H3,(H2,64,80)(H,67,82)(H,68,76)(H,69,83)(H,71,81)(H3,65,66,86)/t39-,40-,41+,42+,45-,47-,48-,49-,50+,55-,56-,61?/m0/s1. The molecule has 0 aliphatic carbocycles. The van der Waals surface area contributed by atoms with E-state index in [0.717, 1.165) is 12.0 Å². The number of primary amides is 2. The number of methoxy groups -OCH3 is 1. The highest BCUT2D eigenvalue weighted by Gasteiger charge is 2.42. The summed E-state index contributed by atoms with van der Waals surface area (Å²) < 4.78 is 5.99. The number of carbonyl (C=O) groups is 10. The van der Waals surface area contributed by atoms with Crippen molar-refractivity contribution in [2.45, 2.75) is 188 Å². The number of piperidine rings is 1. The van der Waals surface area contributed by atoms with E-state index in [1.54, 1.807) is 61.9 Å². The van der Waals surface area contributed by atoms with Crippen LogP contribution >= 0.6 is 0 Å². The number of anilines is 1. The van der Waals surface area contributed by atoms with Gasteiger partial charge in [-0.05, 0) is 92.4 Å². The molecule has 24 nitrogen and oxygen atoms in total. The van der Waals surface area contributed by atoms with Gasteiger partial charge >= 0.3 is 6.03 Å². The number of amides is 11. The molecular formula is C63H98N12O12. The van der Waals surface area contributed by atoms with E-state index in [4.69, 9.17) is 16.2 Å². The summed E-state index contributed by atoms with van der Waals surface area (Å²) in [6.45, 7) is 17.8. The molecule has 2 aliphatic rings. The molecule has 2 heterocycles. The predicted molar refractivity (Wildman–Crippen MR) is 331 cm³/mol. The van der Waals surface area contributed by atoms with Crippen LogP contribution in [0, 0.1) is 35.5 Å². The van der Waals surface area contributed by atoms with Crippen molar-refractivity contribution in [2.24, 2.45) is 52.0 Å². The van der Waals surface area contributed by atoms with Crippen LogP contribution in [0.2, 0.25) is 0 Å². The van der Waals surface area contributed by atoms with Crippen LogP contribution in [0.4, 0.5) is 10.5 Å². The number of urea groups is 1. The fourth-order valence-corrected chi connectivity index (χ4v) is 11.6. The number of nitrogens with one attached hydrogen (secondary N) is 6. The number of aliphatic imine (C=N–C) groups is 1. The van der Waals surface area contributed by atoms with Gasteiger partial charge in [0.15, 0.2) is 0 Å². The van der Waals surface area contributed by atoms with Crippen LogP contribution < -0.4 is 43.4 Å². The van der Waals surface area contributed by atoms with Gasteiger partial charge in [-0.2, -0.15) is 0 Å². The Morgan fingerprint density at radius 1 is 0.828 bits per heavy atom. The highest BCUT2D eigenvalue weighted by molar-refractivity contribution is 6.01. The summed E-state index contributed by atoms with van der Waals surface area (Å²) >= 11 is 0. The number of likely N-dealkylation sites (N-methyl/N-ethyl adjacent to an activating group) is 1.